The molecule has 70 valence electrons. The standard InChI is InChI=1S/C9H10O4/c1-13-9-6(5-8(11)12)3-2-4-7(9)10/h2-4,10H,5H2,1H3,(H,11,12). The van der Waals surface area contributed by atoms with E-state index in [-0.39, 0.29) is 17.9 Å². The number of carboxylic acid groups (broad SMARTS) is 1. The summed E-state index contributed by atoms with van der Waals surface area (Å²) in [6.45, 7) is 0. The number of ether oxygens (including phenoxy) is 1. The van der Waals surface area contributed by atoms with Gasteiger partial charge in [-0.3, -0.25) is 4.79 Å². The van der Waals surface area contributed by atoms with Crippen molar-refractivity contribution in [3.8, 4) is 11.5 Å². The van der Waals surface area contributed by atoms with Gasteiger partial charge in [-0.05, 0) is 6.07 Å². The van der Waals surface area contributed by atoms with Gasteiger partial charge < -0.3 is 14.9 Å². The molecule has 0 aliphatic carbocycles. The Morgan fingerprint density at radius 1 is 1.54 bits per heavy atom. The molecule has 0 fully saturated rings. The van der Waals surface area contributed by atoms with Crippen LogP contribution in [0.15, 0.2) is 18.2 Å². The fraction of sp³-hybridized carbons (Fsp3) is 0.222. The average Bonchev–Trinajstić information content (AvgIpc) is 2.03. The molecular formula is C9H10O4. The van der Waals surface area contributed by atoms with Gasteiger partial charge in [0.1, 0.15) is 0 Å². The molecule has 0 heterocycles. The third-order valence-corrected chi connectivity index (χ3v) is 1.62. The average molecular weight is 182 g/mol. The van der Waals surface area contributed by atoms with E-state index in [9.17, 15) is 9.90 Å². The lowest BCUT2D eigenvalue weighted by Crippen LogP contribution is -2.02. The topological polar surface area (TPSA) is 66.8 Å². The molecule has 0 spiro atoms. The molecule has 0 bridgehead atoms. The van der Waals surface area contributed by atoms with Crippen molar-refractivity contribution in [2.24, 2.45) is 0 Å². The van der Waals surface area contributed by atoms with E-state index in [1.54, 1.807) is 12.1 Å². The Hall–Kier alpha value is -1.71. The van der Waals surface area contributed by atoms with Crippen molar-refractivity contribution in [1.29, 1.82) is 0 Å². The van der Waals surface area contributed by atoms with E-state index in [1.165, 1.54) is 13.2 Å². The summed E-state index contributed by atoms with van der Waals surface area (Å²) in [6.07, 6.45) is -0.155. The zero-order valence-corrected chi connectivity index (χ0v) is 7.15. The molecule has 0 unspecified atom stereocenters. The largest absolute Gasteiger partial charge is 0.504 e. The Labute approximate surface area is 75.4 Å². The van der Waals surface area contributed by atoms with Gasteiger partial charge in [0.15, 0.2) is 11.5 Å². The smallest absolute Gasteiger partial charge is 0.307 e. The number of phenolic OH excluding ortho intramolecular Hbond substituents is 1. The molecule has 0 aromatic heterocycles. The monoisotopic (exact) mass is 182 g/mol. The first-order valence-corrected chi connectivity index (χ1v) is 3.71. The minimum Gasteiger partial charge on any atom is -0.504 e. The first-order chi connectivity index (χ1) is 6.15. The second-order valence-corrected chi connectivity index (χ2v) is 2.54. The van der Waals surface area contributed by atoms with Crippen molar-refractivity contribution < 1.29 is 19.7 Å². The molecule has 0 atom stereocenters. The summed E-state index contributed by atoms with van der Waals surface area (Å²) in [6, 6.07) is 4.63. The molecule has 1 aromatic rings. The zero-order chi connectivity index (χ0) is 9.84. The number of para-hydroxylation sites is 1. The quantitative estimate of drug-likeness (QED) is 0.732. The number of methoxy groups -OCH3 is 1. The molecule has 4 nitrogen and oxygen atoms in total. The molecule has 1 rings (SSSR count). The fourth-order valence-corrected chi connectivity index (χ4v) is 1.11. The van der Waals surface area contributed by atoms with Crippen LogP contribution in [0.25, 0.3) is 0 Å². The van der Waals surface area contributed by atoms with Crippen molar-refractivity contribution >= 4 is 5.97 Å². The van der Waals surface area contributed by atoms with Crippen molar-refractivity contribution in [2.75, 3.05) is 7.11 Å². The molecule has 4 heteroatoms. The van der Waals surface area contributed by atoms with Crippen LogP contribution in [0.1, 0.15) is 5.56 Å². The molecule has 13 heavy (non-hydrogen) atoms. The SMILES string of the molecule is COc1c(O)cccc1CC(=O)O. The summed E-state index contributed by atoms with van der Waals surface area (Å²) < 4.78 is 4.86. The molecule has 1 aromatic carbocycles. The summed E-state index contributed by atoms with van der Waals surface area (Å²) >= 11 is 0. The maximum absolute atomic E-state index is 10.4. The summed E-state index contributed by atoms with van der Waals surface area (Å²) in [4.78, 5) is 10.4. The lowest BCUT2D eigenvalue weighted by molar-refractivity contribution is -0.136. The summed E-state index contributed by atoms with van der Waals surface area (Å²) in [5.41, 5.74) is 0.468. The Morgan fingerprint density at radius 3 is 2.77 bits per heavy atom. The number of phenols is 1. The van der Waals surface area contributed by atoms with Crippen LogP contribution >= 0.6 is 0 Å². The van der Waals surface area contributed by atoms with Crippen molar-refractivity contribution in [2.45, 2.75) is 6.42 Å². The van der Waals surface area contributed by atoms with Crippen LogP contribution in [0.2, 0.25) is 0 Å². The van der Waals surface area contributed by atoms with Gasteiger partial charge in [0, 0.05) is 5.56 Å². The highest BCUT2D eigenvalue weighted by atomic mass is 16.5. The number of benzene rings is 1. The Balaban J connectivity index is 3.05. The molecule has 2 N–H and O–H groups in total. The second-order valence-electron chi connectivity index (χ2n) is 2.54. The maximum atomic E-state index is 10.4. The Morgan fingerprint density at radius 2 is 2.23 bits per heavy atom. The second kappa shape index (κ2) is 3.80. The maximum Gasteiger partial charge on any atom is 0.307 e. The van der Waals surface area contributed by atoms with Crippen LogP contribution in [-0.2, 0) is 11.2 Å². The van der Waals surface area contributed by atoms with Gasteiger partial charge >= 0.3 is 5.97 Å². The van der Waals surface area contributed by atoms with E-state index in [4.69, 9.17) is 9.84 Å². The van der Waals surface area contributed by atoms with Gasteiger partial charge in [-0.1, -0.05) is 12.1 Å². The van der Waals surface area contributed by atoms with Crippen LogP contribution in [0.3, 0.4) is 0 Å². The number of hydrogen-bond acceptors (Lipinski definition) is 3. The minimum atomic E-state index is -0.955. The Kier molecular flexibility index (Phi) is 2.74. The highest BCUT2D eigenvalue weighted by Crippen LogP contribution is 2.29. The van der Waals surface area contributed by atoms with E-state index in [2.05, 4.69) is 0 Å². The predicted molar refractivity (Wildman–Crippen MR) is 46.0 cm³/mol. The zero-order valence-electron chi connectivity index (χ0n) is 7.15. The first kappa shape index (κ1) is 9.38. The number of rotatable bonds is 3. The normalized spacial score (nSPS) is 9.62. The molecule has 0 saturated carbocycles. The lowest BCUT2D eigenvalue weighted by atomic mass is 10.1. The summed E-state index contributed by atoms with van der Waals surface area (Å²) in [5, 5.41) is 17.8. The van der Waals surface area contributed by atoms with Crippen LogP contribution < -0.4 is 4.74 Å². The van der Waals surface area contributed by atoms with Crippen LogP contribution in [0.4, 0.5) is 0 Å². The highest BCUT2D eigenvalue weighted by Gasteiger charge is 2.10. The van der Waals surface area contributed by atoms with Crippen LogP contribution in [0.5, 0.6) is 11.5 Å². The molecule has 0 aliphatic heterocycles. The molecule has 0 amide bonds. The number of aromatic hydroxyl groups is 1. The lowest BCUT2D eigenvalue weighted by Gasteiger charge is -2.07. The van der Waals surface area contributed by atoms with Gasteiger partial charge in [0.25, 0.3) is 0 Å². The van der Waals surface area contributed by atoms with Crippen molar-refractivity contribution in [1.82, 2.24) is 0 Å². The summed E-state index contributed by atoms with van der Waals surface area (Å²) in [7, 11) is 1.39. The van der Waals surface area contributed by atoms with Gasteiger partial charge in [0.05, 0.1) is 13.5 Å². The highest BCUT2D eigenvalue weighted by molar-refractivity contribution is 5.72. The number of carbonyl (C=O) groups is 1. The molecule has 0 aliphatic rings. The predicted octanol–water partition coefficient (Wildman–Crippen LogP) is 1.03. The number of hydrogen-bond donors (Lipinski definition) is 2. The van der Waals surface area contributed by atoms with Crippen molar-refractivity contribution in [3.05, 3.63) is 23.8 Å². The number of carboxylic acids is 1. The minimum absolute atomic E-state index is 0.0405. The Bertz CT molecular complexity index is 319. The van der Waals surface area contributed by atoms with Gasteiger partial charge in [-0.15, -0.1) is 0 Å². The molecule has 0 saturated heterocycles. The van der Waals surface area contributed by atoms with Gasteiger partial charge in [-0.25, -0.2) is 0 Å². The third-order valence-electron chi connectivity index (χ3n) is 1.62. The van der Waals surface area contributed by atoms with Gasteiger partial charge in [-0.2, -0.15) is 0 Å². The molecular weight excluding hydrogens is 172 g/mol. The van der Waals surface area contributed by atoms with Crippen LogP contribution in [0, 0.1) is 0 Å². The van der Waals surface area contributed by atoms with E-state index >= 15 is 0 Å². The van der Waals surface area contributed by atoms with Crippen molar-refractivity contribution in [3.63, 3.8) is 0 Å². The van der Waals surface area contributed by atoms with E-state index < -0.39 is 5.97 Å². The van der Waals surface area contributed by atoms with Crippen LogP contribution in [-0.4, -0.2) is 23.3 Å². The van der Waals surface area contributed by atoms with E-state index in [0.29, 0.717) is 5.56 Å². The number of aliphatic carboxylic acids is 1. The molecule has 0 radical (unpaired) electrons. The first-order valence-electron chi connectivity index (χ1n) is 3.71. The third kappa shape index (κ3) is 2.11. The van der Waals surface area contributed by atoms with E-state index in [0.717, 1.165) is 0 Å². The summed E-state index contributed by atoms with van der Waals surface area (Å²) in [5.74, 6) is -0.768. The fourth-order valence-electron chi connectivity index (χ4n) is 1.11. The van der Waals surface area contributed by atoms with Gasteiger partial charge in [0.2, 0.25) is 0 Å². The van der Waals surface area contributed by atoms with E-state index in [1.807, 2.05) is 0 Å².